The quantitative estimate of drug-likeness (QED) is 0.866. The fourth-order valence-electron chi connectivity index (χ4n) is 2.55. The van der Waals surface area contributed by atoms with Crippen molar-refractivity contribution < 1.29 is 9.90 Å². The van der Waals surface area contributed by atoms with Crippen LogP contribution in [0.4, 0.5) is 0 Å². The second kappa shape index (κ2) is 3.78. The van der Waals surface area contributed by atoms with E-state index >= 15 is 0 Å². The van der Waals surface area contributed by atoms with Crippen LogP contribution in [0.15, 0.2) is 0 Å². The molecule has 17 heavy (non-hydrogen) atoms. The van der Waals surface area contributed by atoms with Crippen LogP contribution >= 0.6 is 11.3 Å². The fourth-order valence-corrected chi connectivity index (χ4v) is 3.70. The molecule has 92 valence electrons. The minimum absolute atomic E-state index is 0.359. The lowest BCUT2D eigenvalue weighted by Gasteiger charge is -2.19. The van der Waals surface area contributed by atoms with Crippen LogP contribution in [0.25, 0.3) is 0 Å². The predicted octanol–water partition coefficient (Wildman–Crippen LogP) is 2.45. The third kappa shape index (κ3) is 1.87. The molecule has 0 aliphatic heterocycles. The third-order valence-electron chi connectivity index (χ3n) is 3.73. The van der Waals surface area contributed by atoms with Crippen LogP contribution in [0.2, 0.25) is 0 Å². The SMILES string of the molecule is NC1(c2nc(C3CC3)c(C(=O)O)s2)CCCC1. The van der Waals surface area contributed by atoms with E-state index < -0.39 is 5.97 Å². The number of nitrogens with zero attached hydrogens (tertiary/aromatic N) is 1. The molecule has 1 aromatic rings. The number of nitrogens with two attached hydrogens (primary N) is 1. The Morgan fingerprint density at radius 1 is 1.41 bits per heavy atom. The largest absolute Gasteiger partial charge is 0.477 e. The van der Waals surface area contributed by atoms with Crippen molar-refractivity contribution in [3.05, 3.63) is 15.6 Å². The Balaban J connectivity index is 2.00. The van der Waals surface area contributed by atoms with Gasteiger partial charge in [0.2, 0.25) is 0 Å². The molecule has 2 aliphatic rings. The highest BCUT2D eigenvalue weighted by atomic mass is 32.1. The molecule has 5 heteroatoms. The lowest BCUT2D eigenvalue weighted by molar-refractivity contribution is 0.0700. The topological polar surface area (TPSA) is 76.2 Å². The molecule has 2 aliphatic carbocycles. The molecule has 0 spiro atoms. The standard InChI is InChI=1S/C12H16N2O2S/c13-12(5-1-2-6-12)11-14-8(7-3-4-7)9(17-11)10(15)16/h7H,1-6,13H2,(H,15,16). The van der Waals surface area contributed by atoms with Crippen molar-refractivity contribution in [2.45, 2.75) is 50.0 Å². The summed E-state index contributed by atoms with van der Waals surface area (Å²) < 4.78 is 0. The average molecular weight is 252 g/mol. The highest BCUT2D eigenvalue weighted by Crippen LogP contribution is 2.46. The average Bonchev–Trinajstić information content (AvgIpc) is 2.87. The van der Waals surface area contributed by atoms with Crippen molar-refractivity contribution in [2.75, 3.05) is 0 Å². The monoisotopic (exact) mass is 252 g/mol. The summed E-state index contributed by atoms with van der Waals surface area (Å²) in [6, 6.07) is 0. The zero-order valence-corrected chi connectivity index (χ0v) is 10.4. The van der Waals surface area contributed by atoms with Crippen molar-refractivity contribution in [2.24, 2.45) is 5.73 Å². The van der Waals surface area contributed by atoms with Crippen molar-refractivity contribution >= 4 is 17.3 Å². The number of carboxylic acid groups (broad SMARTS) is 1. The second-order valence-electron chi connectivity index (χ2n) is 5.18. The first-order valence-corrected chi connectivity index (χ1v) is 6.95. The van der Waals surface area contributed by atoms with Gasteiger partial charge in [-0.2, -0.15) is 0 Å². The lowest BCUT2D eigenvalue weighted by atomic mass is 10.0. The van der Waals surface area contributed by atoms with Crippen LogP contribution in [-0.2, 0) is 5.54 Å². The molecule has 0 atom stereocenters. The van der Waals surface area contributed by atoms with E-state index in [0.29, 0.717) is 10.8 Å². The zero-order chi connectivity index (χ0) is 12.0. The Bertz CT molecular complexity index is 459. The Morgan fingerprint density at radius 3 is 2.59 bits per heavy atom. The maximum absolute atomic E-state index is 11.2. The number of hydrogen-bond donors (Lipinski definition) is 2. The fraction of sp³-hybridized carbons (Fsp3) is 0.667. The molecule has 2 fully saturated rings. The highest BCUT2D eigenvalue weighted by Gasteiger charge is 2.38. The Morgan fingerprint density at radius 2 is 2.06 bits per heavy atom. The van der Waals surface area contributed by atoms with Crippen molar-refractivity contribution in [3.8, 4) is 0 Å². The molecule has 0 aromatic carbocycles. The molecule has 1 aromatic heterocycles. The van der Waals surface area contributed by atoms with Crippen LogP contribution in [0.1, 0.15) is 64.8 Å². The molecular formula is C12H16N2O2S. The van der Waals surface area contributed by atoms with Gasteiger partial charge in [-0.15, -0.1) is 11.3 Å². The molecule has 4 nitrogen and oxygen atoms in total. The smallest absolute Gasteiger partial charge is 0.347 e. The summed E-state index contributed by atoms with van der Waals surface area (Å²) >= 11 is 1.30. The highest BCUT2D eigenvalue weighted by molar-refractivity contribution is 7.13. The molecule has 2 saturated carbocycles. The molecule has 0 amide bonds. The number of carbonyl (C=O) groups is 1. The van der Waals surface area contributed by atoms with Gasteiger partial charge in [0.1, 0.15) is 9.88 Å². The second-order valence-corrected chi connectivity index (χ2v) is 6.18. The molecule has 0 bridgehead atoms. The summed E-state index contributed by atoms with van der Waals surface area (Å²) in [6.45, 7) is 0. The number of carboxylic acids is 1. The Kier molecular flexibility index (Phi) is 2.48. The Labute approximate surface area is 104 Å². The third-order valence-corrected chi connectivity index (χ3v) is 5.01. The minimum atomic E-state index is -0.850. The molecule has 3 N–H and O–H groups in total. The van der Waals surface area contributed by atoms with Gasteiger partial charge in [-0.05, 0) is 25.7 Å². The van der Waals surface area contributed by atoms with E-state index in [-0.39, 0.29) is 5.54 Å². The molecular weight excluding hydrogens is 236 g/mol. The van der Waals surface area contributed by atoms with E-state index in [1.165, 1.54) is 11.3 Å². The zero-order valence-electron chi connectivity index (χ0n) is 9.61. The summed E-state index contributed by atoms with van der Waals surface area (Å²) in [7, 11) is 0. The van der Waals surface area contributed by atoms with E-state index in [0.717, 1.165) is 49.2 Å². The number of rotatable bonds is 3. The van der Waals surface area contributed by atoms with E-state index in [4.69, 9.17) is 5.73 Å². The van der Waals surface area contributed by atoms with Crippen LogP contribution in [0, 0.1) is 0 Å². The summed E-state index contributed by atoms with van der Waals surface area (Å²) in [6.07, 6.45) is 6.25. The molecule has 1 heterocycles. The Hall–Kier alpha value is -0.940. The van der Waals surface area contributed by atoms with Gasteiger partial charge in [0.05, 0.1) is 11.2 Å². The first kappa shape index (κ1) is 11.2. The summed E-state index contributed by atoms with van der Waals surface area (Å²) in [5, 5.41) is 10.1. The van der Waals surface area contributed by atoms with E-state index in [9.17, 15) is 9.90 Å². The summed E-state index contributed by atoms with van der Waals surface area (Å²) in [4.78, 5) is 16.2. The van der Waals surface area contributed by atoms with E-state index in [2.05, 4.69) is 4.98 Å². The van der Waals surface area contributed by atoms with Gasteiger partial charge in [-0.25, -0.2) is 9.78 Å². The van der Waals surface area contributed by atoms with Gasteiger partial charge in [0, 0.05) is 5.92 Å². The first-order chi connectivity index (χ1) is 8.10. The normalized spacial score (nSPS) is 22.9. The van der Waals surface area contributed by atoms with Gasteiger partial charge in [0.15, 0.2) is 0 Å². The predicted molar refractivity (Wildman–Crippen MR) is 65.4 cm³/mol. The van der Waals surface area contributed by atoms with Crippen LogP contribution in [-0.4, -0.2) is 16.1 Å². The number of hydrogen-bond acceptors (Lipinski definition) is 4. The van der Waals surface area contributed by atoms with Crippen molar-refractivity contribution in [3.63, 3.8) is 0 Å². The maximum Gasteiger partial charge on any atom is 0.347 e. The number of thiazole rings is 1. The lowest BCUT2D eigenvalue weighted by Crippen LogP contribution is -2.32. The van der Waals surface area contributed by atoms with Crippen LogP contribution in [0.3, 0.4) is 0 Å². The summed E-state index contributed by atoms with van der Waals surface area (Å²) in [5.74, 6) is -0.478. The van der Waals surface area contributed by atoms with Gasteiger partial charge in [-0.3, -0.25) is 0 Å². The van der Waals surface area contributed by atoms with Crippen LogP contribution in [0.5, 0.6) is 0 Å². The molecule has 0 saturated heterocycles. The molecule has 0 radical (unpaired) electrons. The molecule has 3 rings (SSSR count). The van der Waals surface area contributed by atoms with Gasteiger partial charge in [0.25, 0.3) is 0 Å². The summed E-state index contributed by atoms with van der Waals surface area (Å²) in [5.41, 5.74) is 6.77. The molecule has 0 unspecified atom stereocenters. The van der Waals surface area contributed by atoms with Crippen LogP contribution < -0.4 is 5.73 Å². The van der Waals surface area contributed by atoms with Gasteiger partial charge < -0.3 is 10.8 Å². The maximum atomic E-state index is 11.2. The minimum Gasteiger partial charge on any atom is -0.477 e. The number of aromatic carboxylic acids is 1. The van der Waals surface area contributed by atoms with E-state index in [1.807, 2.05) is 0 Å². The van der Waals surface area contributed by atoms with Crippen molar-refractivity contribution in [1.82, 2.24) is 4.98 Å². The van der Waals surface area contributed by atoms with Gasteiger partial charge >= 0.3 is 5.97 Å². The van der Waals surface area contributed by atoms with E-state index in [1.54, 1.807) is 0 Å². The van der Waals surface area contributed by atoms with Crippen molar-refractivity contribution in [1.29, 1.82) is 0 Å². The number of aromatic nitrogens is 1. The van der Waals surface area contributed by atoms with Gasteiger partial charge in [-0.1, -0.05) is 12.8 Å². The first-order valence-electron chi connectivity index (χ1n) is 6.13.